The van der Waals surface area contributed by atoms with Gasteiger partial charge in [-0.25, -0.2) is 0 Å². The van der Waals surface area contributed by atoms with Gasteiger partial charge in [-0.1, -0.05) is 49.7 Å². The molecule has 3 atom stereocenters. The van der Waals surface area contributed by atoms with E-state index in [-0.39, 0.29) is 18.1 Å². The Morgan fingerprint density at radius 1 is 1.11 bits per heavy atom. The monoisotopic (exact) mass is 615 g/mol. The molecule has 10 heteroatoms. The zero-order valence-electron chi connectivity index (χ0n) is 26.0. The number of nitrogens with zero attached hydrogens (tertiary/aromatic N) is 7. The Balaban J connectivity index is 1.37. The Hall–Kier alpha value is -3.61. The zero-order valence-corrected chi connectivity index (χ0v) is 26.8. The fourth-order valence-electron chi connectivity index (χ4n) is 7.28. The maximum atomic E-state index is 12.7. The summed E-state index contributed by atoms with van der Waals surface area (Å²) in [7, 11) is 2.17. The number of piperazine rings is 1. The van der Waals surface area contributed by atoms with E-state index in [9.17, 15) is 10.1 Å². The lowest BCUT2D eigenvalue weighted by atomic mass is 10.0. The van der Waals surface area contributed by atoms with Crippen molar-refractivity contribution < 1.29 is 9.53 Å². The molecule has 0 N–H and O–H groups in total. The smallest absolute Gasteiger partial charge is 0.319 e. The van der Waals surface area contributed by atoms with Crippen molar-refractivity contribution in [1.29, 1.82) is 5.26 Å². The van der Waals surface area contributed by atoms with Crippen molar-refractivity contribution in [3.63, 3.8) is 0 Å². The lowest BCUT2D eigenvalue weighted by Crippen LogP contribution is -2.55. The molecular weight excluding hydrogens is 574 g/mol. The predicted molar refractivity (Wildman–Crippen MR) is 174 cm³/mol. The molecule has 1 unspecified atom stereocenters. The first-order chi connectivity index (χ1) is 21.4. The predicted octanol–water partition coefficient (Wildman–Crippen LogP) is 5.44. The van der Waals surface area contributed by atoms with Crippen molar-refractivity contribution in [2.45, 2.75) is 77.1 Å². The molecule has 0 saturated carbocycles. The maximum absolute atomic E-state index is 12.7. The van der Waals surface area contributed by atoms with Crippen molar-refractivity contribution in [1.82, 2.24) is 19.8 Å². The van der Waals surface area contributed by atoms with Crippen LogP contribution < -0.4 is 14.5 Å². The van der Waals surface area contributed by atoms with Gasteiger partial charge in [0.05, 0.1) is 35.8 Å². The normalized spacial score (nSPS) is 21.3. The van der Waals surface area contributed by atoms with Crippen LogP contribution in [0.1, 0.15) is 57.2 Å². The van der Waals surface area contributed by atoms with Crippen LogP contribution in [0.4, 0.5) is 11.5 Å². The number of anilines is 2. The number of nitriles is 1. The van der Waals surface area contributed by atoms with Crippen molar-refractivity contribution >= 4 is 39.8 Å². The molecule has 0 spiro atoms. The first-order valence-corrected chi connectivity index (χ1v) is 16.4. The van der Waals surface area contributed by atoms with E-state index in [1.54, 1.807) is 0 Å². The summed E-state index contributed by atoms with van der Waals surface area (Å²) in [5, 5.41) is 12.5. The molecule has 2 fully saturated rings. The second-order valence-corrected chi connectivity index (χ2v) is 12.6. The highest BCUT2D eigenvalue weighted by molar-refractivity contribution is 6.36. The summed E-state index contributed by atoms with van der Waals surface area (Å²) in [6.07, 6.45) is 4.63. The number of hydrogen-bond donors (Lipinski definition) is 0. The zero-order chi connectivity index (χ0) is 30.8. The molecule has 6 rings (SSSR count). The first-order valence-electron chi connectivity index (χ1n) is 16.0. The Kier molecular flexibility index (Phi) is 9.11. The summed E-state index contributed by atoms with van der Waals surface area (Å²) < 4.78 is 6.65. The Labute approximate surface area is 265 Å². The molecule has 44 heavy (non-hydrogen) atoms. The number of likely N-dealkylation sites (N-methyl/N-ethyl adjacent to an activating group) is 1. The third-order valence-electron chi connectivity index (χ3n) is 9.59. The Bertz CT molecular complexity index is 1550. The van der Waals surface area contributed by atoms with Crippen LogP contribution in [0, 0.1) is 11.3 Å². The Morgan fingerprint density at radius 3 is 2.66 bits per heavy atom. The summed E-state index contributed by atoms with van der Waals surface area (Å²) in [4.78, 5) is 31.7. The number of aromatic nitrogens is 2. The molecule has 3 aliphatic heterocycles. The molecule has 3 aromatic rings. The average molecular weight is 616 g/mol. The molecule has 3 aliphatic rings. The highest BCUT2D eigenvalue weighted by atomic mass is 35.5. The number of carbonyl (C=O) groups excluding carboxylic acids is 1. The first kappa shape index (κ1) is 30.4. The van der Waals surface area contributed by atoms with Gasteiger partial charge in [-0.2, -0.15) is 15.2 Å². The molecule has 1 aromatic heterocycles. The third-order valence-corrected chi connectivity index (χ3v) is 9.91. The molecule has 2 saturated heterocycles. The number of rotatable bonds is 8. The summed E-state index contributed by atoms with van der Waals surface area (Å²) >= 11 is 6.73. The van der Waals surface area contributed by atoms with Crippen LogP contribution in [0.15, 0.2) is 36.4 Å². The van der Waals surface area contributed by atoms with Crippen molar-refractivity contribution in [2.75, 3.05) is 49.6 Å². The molecule has 0 aliphatic carbocycles. The second-order valence-electron chi connectivity index (χ2n) is 12.2. The van der Waals surface area contributed by atoms with Gasteiger partial charge in [-0.05, 0) is 56.8 Å². The maximum Gasteiger partial charge on any atom is 0.319 e. The molecule has 0 radical (unpaired) electrons. The third kappa shape index (κ3) is 5.90. The fourth-order valence-corrected chi connectivity index (χ4v) is 7.56. The highest BCUT2D eigenvalue weighted by Gasteiger charge is 2.35. The highest BCUT2D eigenvalue weighted by Crippen LogP contribution is 2.37. The van der Waals surface area contributed by atoms with Crippen LogP contribution in [0.25, 0.3) is 10.8 Å². The second kappa shape index (κ2) is 13.2. The van der Waals surface area contributed by atoms with Crippen LogP contribution >= 0.6 is 11.6 Å². The van der Waals surface area contributed by atoms with E-state index in [1.807, 2.05) is 24.0 Å². The van der Waals surface area contributed by atoms with Crippen molar-refractivity contribution in [2.24, 2.45) is 0 Å². The summed E-state index contributed by atoms with van der Waals surface area (Å²) in [5.41, 5.74) is 3.18. The van der Waals surface area contributed by atoms with E-state index in [0.29, 0.717) is 51.1 Å². The number of carbonyl (C=O) groups is 1. The van der Waals surface area contributed by atoms with E-state index in [2.05, 4.69) is 59.0 Å². The molecule has 0 bridgehead atoms. The van der Waals surface area contributed by atoms with Gasteiger partial charge in [0.15, 0.2) is 0 Å². The van der Waals surface area contributed by atoms with Gasteiger partial charge in [-0.15, -0.1) is 0 Å². The molecule has 4 heterocycles. The number of ether oxygens (including phenoxy) is 1. The Morgan fingerprint density at radius 2 is 1.93 bits per heavy atom. The molecule has 2 aromatic carbocycles. The van der Waals surface area contributed by atoms with Gasteiger partial charge in [0.25, 0.3) is 0 Å². The van der Waals surface area contributed by atoms with E-state index in [4.69, 9.17) is 26.3 Å². The average Bonchev–Trinajstić information content (AvgIpc) is 3.48. The van der Waals surface area contributed by atoms with Gasteiger partial charge >= 0.3 is 6.01 Å². The minimum atomic E-state index is -0.176. The standard InChI is InChI=1S/C34H42ClN7O2/c1-4-30(28-13-8-17-39(28)3)44-34-37-27-22-40(29-12-7-10-23-9-6-11-26(35)32(23)29)18-15-25(27)33(38-34)41-19-20-42(31(43)5-2)24(21-41)14-16-36/h6-7,9-12,24,28,30H,4-5,8,13-15,17-22H2,1-3H3/t24-,28+,30?/m1/s1. The number of halogens is 1. The van der Waals surface area contributed by atoms with E-state index >= 15 is 0 Å². The molecule has 9 nitrogen and oxygen atoms in total. The summed E-state index contributed by atoms with van der Waals surface area (Å²) in [6, 6.07) is 15.2. The largest absolute Gasteiger partial charge is 0.458 e. The lowest BCUT2D eigenvalue weighted by molar-refractivity contribution is -0.133. The number of benzene rings is 2. The van der Waals surface area contributed by atoms with Crippen LogP contribution in [-0.2, 0) is 17.8 Å². The van der Waals surface area contributed by atoms with Crippen molar-refractivity contribution in [3.8, 4) is 12.1 Å². The van der Waals surface area contributed by atoms with Crippen LogP contribution in [0.2, 0.25) is 5.02 Å². The van der Waals surface area contributed by atoms with Gasteiger partial charge in [-0.3, -0.25) is 9.69 Å². The van der Waals surface area contributed by atoms with Gasteiger partial charge in [0.1, 0.15) is 11.9 Å². The van der Waals surface area contributed by atoms with Crippen LogP contribution in [0.3, 0.4) is 0 Å². The van der Waals surface area contributed by atoms with E-state index in [0.717, 1.165) is 70.9 Å². The molecule has 232 valence electrons. The molecule has 1 amide bonds. The van der Waals surface area contributed by atoms with Gasteiger partial charge in [0.2, 0.25) is 5.91 Å². The van der Waals surface area contributed by atoms with Crippen molar-refractivity contribution in [3.05, 3.63) is 52.7 Å². The SMILES string of the molecule is CCC(=O)N1CCN(c2nc(OC(CC)[C@@H]3CCCN3C)nc3c2CCN(c2cccc4cccc(Cl)c24)C3)C[C@H]1CC#N. The topological polar surface area (TPSA) is 88.8 Å². The summed E-state index contributed by atoms with van der Waals surface area (Å²) in [6.45, 7) is 8.32. The van der Waals surface area contributed by atoms with Gasteiger partial charge < -0.3 is 19.4 Å². The van der Waals surface area contributed by atoms with E-state index < -0.39 is 0 Å². The number of hydrogen-bond acceptors (Lipinski definition) is 8. The number of amides is 1. The minimum absolute atomic E-state index is 0.00433. The number of fused-ring (bicyclic) bond motifs is 2. The fraction of sp³-hybridized carbons (Fsp3) is 0.529. The quantitative estimate of drug-likeness (QED) is 0.331. The molecular formula is C34H42ClN7O2. The minimum Gasteiger partial charge on any atom is -0.458 e. The summed E-state index contributed by atoms with van der Waals surface area (Å²) in [5.74, 6) is 0.969. The van der Waals surface area contributed by atoms with E-state index in [1.165, 1.54) is 6.42 Å². The number of likely N-dealkylation sites (tertiary alicyclic amines) is 1. The van der Waals surface area contributed by atoms with Crippen LogP contribution in [-0.4, -0.2) is 83.6 Å². The van der Waals surface area contributed by atoms with Gasteiger partial charge in [0, 0.05) is 55.3 Å². The lowest BCUT2D eigenvalue weighted by Gasteiger charge is -2.42. The van der Waals surface area contributed by atoms with Crippen LogP contribution in [0.5, 0.6) is 6.01 Å².